The van der Waals surface area contributed by atoms with Gasteiger partial charge in [-0.3, -0.25) is 9.78 Å². The van der Waals surface area contributed by atoms with Crippen LogP contribution in [0, 0.1) is 0 Å². The van der Waals surface area contributed by atoms with Crippen molar-refractivity contribution in [1.82, 2.24) is 4.98 Å². The lowest BCUT2D eigenvalue weighted by Crippen LogP contribution is -1.97. The number of nitrogens with zero attached hydrogens (tertiary/aromatic N) is 1. The van der Waals surface area contributed by atoms with Gasteiger partial charge in [0.25, 0.3) is 0 Å². The minimum Gasteiger partial charge on any atom is -0.462 e. The number of rotatable bonds is 3. The standard InChI is InChI=1S/C10H11NO2/c1-9(12)13-7-3-5-10-4-2-6-11-8-10/h2-6,8H,7H2,1H3. The third kappa shape index (κ3) is 4.06. The molecular formula is C10H11NO2. The van der Waals surface area contributed by atoms with Crippen molar-refractivity contribution in [1.29, 1.82) is 0 Å². The van der Waals surface area contributed by atoms with Crippen LogP contribution in [0.4, 0.5) is 0 Å². The molecule has 1 aromatic heterocycles. The zero-order valence-electron chi connectivity index (χ0n) is 7.43. The number of hydrogen-bond donors (Lipinski definition) is 0. The number of aromatic nitrogens is 1. The van der Waals surface area contributed by atoms with Crippen LogP contribution in [-0.4, -0.2) is 17.6 Å². The van der Waals surface area contributed by atoms with E-state index in [9.17, 15) is 4.79 Å². The summed E-state index contributed by atoms with van der Waals surface area (Å²) in [6, 6.07) is 3.78. The monoisotopic (exact) mass is 177 g/mol. The van der Waals surface area contributed by atoms with E-state index >= 15 is 0 Å². The SMILES string of the molecule is CC(=O)OCC=Cc1cccnc1. The van der Waals surface area contributed by atoms with Crippen molar-refractivity contribution < 1.29 is 9.53 Å². The Kier molecular flexibility index (Phi) is 3.70. The smallest absolute Gasteiger partial charge is 0.302 e. The second kappa shape index (κ2) is 5.09. The Bertz CT molecular complexity index is 293. The molecule has 0 spiro atoms. The second-order valence-electron chi connectivity index (χ2n) is 2.49. The molecule has 0 amide bonds. The van der Waals surface area contributed by atoms with Crippen molar-refractivity contribution >= 4 is 12.0 Å². The maximum Gasteiger partial charge on any atom is 0.302 e. The van der Waals surface area contributed by atoms with Crippen LogP contribution in [0.5, 0.6) is 0 Å². The van der Waals surface area contributed by atoms with Crippen LogP contribution in [-0.2, 0) is 9.53 Å². The van der Waals surface area contributed by atoms with Crippen molar-refractivity contribution in [2.75, 3.05) is 6.61 Å². The molecule has 0 fully saturated rings. The third-order valence-corrected chi connectivity index (χ3v) is 1.38. The van der Waals surface area contributed by atoms with Gasteiger partial charge in [-0.2, -0.15) is 0 Å². The van der Waals surface area contributed by atoms with Crippen LogP contribution in [0.2, 0.25) is 0 Å². The third-order valence-electron chi connectivity index (χ3n) is 1.38. The quantitative estimate of drug-likeness (QED) is 0.659. The lowest BCUT2D eigenvalue weighted by atomic mass is 10.3. The van der Waals surface area contributed by atoms with E-state index in [1.54, 1.807) is 18.5 Å². The molecule has 1 aromatic rings. The summed E-state index contributed by atoms with van der Waals surface area (Å²) in [6.45, 7) is 1.70. The first kappa shape index (κ1) is 9.45. The van der Waals surface area contributed by atoms with Gasteiger partial charge in [0, 0.05) is 19.3 Å². The summed E-state index contributed by atoms with van der Waals surface area (Å²) in [5.41, 5.74) is 0.995. The molecule has 0 unspecified atom stereocenters. The van der Waals surface area contributed by atoms with E-state index in [-0.39, 0.29) is 5.97 Å². The predicted molar refractivity (Wildman–Crippen MR) is 49.9 cm³/mol. The molecule has 0 atom stereocenters. The summed E-state index contributed by atoms with van der Waals surface area (Å²) in [6.07, 6.45) is 7.09. The van der Waals surface area contributed by atoms with E-state index in [0.29, 0.717) is 6.61 Å². The van der Waals surface area contributed by atoms with E-state index in [0.717, 1.165) is 5.56 Å². The summed E-state index contributed by atoms with van der Waals surface area (Å²) in [5, 5.41) is 0. The molecule has 0 radical (unpaired) electrons. The molecular weight excluding hydrogens is 166 g/mol. The Morgan fingerprint density at radius 3 is 3.15 bits per heavy atom. The van der Waals surface area contributed by atoms with Gasteiger partial charge in [0.1, 0.15) is 6.61 Å². The minimum atomic E-state index is -0.268. The maximum atomic E-state index is 10.4. The van der Waals surface area contributed by atoms with Gasteiger partial charge in [-0.15, -0.1) is 0 Å². The first-order chi connectivity index (χ1) is 6.29. The van der Waals surface area contributed by atoms with Gasteiger partial charge in [0.05, 0.1) is 0 Å². The minimum absolute atomic E-state index is 0.268. The molecule has 0 aliphatic carbocycles. The van der Waals surface area contributed by atoms with Crippen molar-refractivity contribution in [2.45, 2.75) is 6.92 Å². The largest absolute Gasteiger partial charge is 0.462 e. The molecule has 0 bridgehead atoms. The summed E-state index contributed by atoms with van der Waals surface area (Å²) in [4.78, 5) is 14.3. The van der Waals surface area contributed by atoms with Crippen LogP contribution in [0.1, 0.15) is 12.5 Å². The predicted octanol–water partition coefficient (Wildman–Crippen LogP) is 1.66. The zero-order chi connectivity index (χ0) is 9.52. The first-order valence-electron chi connectivity index (χ1n) is 3.99. The highest BCUT2D eigenvalue weighted by molar-refractivity contribution is 5.66. The number of esters is 1. The highest BCUT2D eigenvalue weighted by atomic mass is 16.5. The van der Waals surface area contributed by atoms with Crippen LogP contribution in [0.3, 0.4) is 0 Å². The number of ether oxygens (including phenoxy) is 1. The van der Waals surface area contributed by atoms with Gasteiger partial charge < -0.3 is 4.74 Å². The Morgan fingerprint density at radius 2 is 2.54 bits per heavy atom. The van der Waals surface area contributed by atoms with E-state index in [1.165, 1.54) is 6.92 Å². The maximum absolute atomic E-state index is 10.4. The number of carbonyl (C=O) groups excluding carboxylic acids is 1. The molecule has 0 N–H and O–H groups in total. The van der Waals surface area contributed by atoms with Gasteiger partial charge in [-0.05, 0) is 17.7 Å². The van der Waals surface area contributed by atoms with E-state index < -0.39 is 0 Å². The molecule has 1 rings (SSSR count). The average Bonchev–Trinajstić information content (AvgIpc) is 2.14. The second-order valence-corrected chi connectivity index (χ2v) is 2.49. The Morgan fingerprint density at radius 1 is 1.69 bits per heavy atom. The van der Waals surface area contributed by atoms with Gasteiger partial charge >= 0.3 is 5.97 Å². The fourth-order valence-electron chi connectivity index (χ4n) is 0.824. The van der Waals surface area contributed by atoms with Crippen molar-refractivity contribution in [3.05, 3.63) is 36.2 Å². The van der Waals surface area contributed by atoms with Gasteiger partial charge in [0.2, 0.25) is 0 Å². The molecule has 3 heteroatoms. The topological polar surface area (TPSA) is 39.2 Å². The number of pyridine rings is 1. The van der Waals surface area contributed by atoms with Crippen molar-refractivity contribution in [2.24, 2.45) is 0 Å². The molecule has 0 aromatic carbocycles. The fraction of sp³-hybridized carbons (Fsp3) is 0.200. The highest BCUT2D eigenvalue weighted by Crippen LogP contribution is 1.97. The summed E-state index contributed by atoms with van der Waals surface area (Å²) >= 11 is 0. The molecule has 3 nitrogen and oxygen atoms in total. The molecule has 0 aliphatic heterocycles. The van der Waals surface area contributed by atoms with Crippen molar-refractivity contribution in [3.63, 3.8) is 0 Å². The molecule has 1 heterocycles. The van der Waals surface area contributed by atoms with E-state index in [4.69, 9.17) is 4.74 Å². The summed E-state index contributed by atoms with van der Waals surface area (Å²) < 4.78 is 4.72. The van der Waals surface area contributed by atoms with Gasteiger partial charge in [-0.1, -0.05) is 12.1 Å². The summed E-state index contributed by atoms with van der Waals surface area (Å²) in [5.74, 6) is -0.268. The average molecular weight is 177 g/mol. The van der Waals surface area contributed by atoms with Crippen LogP contribution in [0.25, 0.3) is 6.08 Å². The van der Waals surface area contributed by atoms with E-state index in [1.807, 2.05) is 18.2 Å². The number of carbonyl (C=O) groups is 1. The Labute approximate surface area is 77.1 Å². The molecule has 0 saturated heterocycles. The molecule has 68 valence electrons. The van der Waals surface area contributed by atoms with Crippen LogP contribution < -0.4 is 0 Å². The molecule has 13 heavy (non-hydrogen) atoms. The number of hydrogen-bond acceptors (Lipinski definition) is 3. The molecule has 0 aliphatic rings. The van der Waals surface area contributed by atoms with E-state index in [2.05, 4.69) is 4.98 Å². The lowest BCUT2D eigenvalue weighted by molar-refractivity contribution is -0.139. The summed E-state index contributed by atoms with van der Waals surface area (Å²) in [7, 11) is 0. The fourth-order valence-corrected chi connectivity index (χ4v) is 0.824. The van der Waals surface area contributed by atoms with Crippen LogP contribution in [0.15, 0.2) is 30.6 Å². The Balaban J connectivity index is 2.37. The zero-order valence-corrected chi connectivity index (χ0v) is 7.43. The van der Waals surface area contributed by atoms with Gasteiger partial charge in [-0.25, -0.2) is 0 Å². The normalized spacial score (nSPS) is 10.2. The highest BCUT2D eigenvalue weighted by Gasteiger charge is 1.87. The van der Waals surface area contributed by atoms with Crippen molar-refractivity contribution in [3.8, 4) is 0 Å². The molecule has 0 saturated carbocycles. The first-order valence-corrected chi connectivity index (χ1v) is 3.99. The van der Waals surface area contributed by atoms with Gasteiger partial charge in [0.15, 0.2) is 0 Å². The Hall–Kier alpha value is -1.64. The van der Waals surface area contributed by atoms with Crippen LogP contribution >= 0.6 is 0 Å². The lowest BCUT2D eigenvalue weighted by Gasteiger charge is -1.94.